The largest absolute Gasteiger partial charge is 0.418 e. The number of anilines is 3. The van der Waals surface area contributed by atoms with E-state index in [0.717, 1.165) is 18.9 Å². The van der Waals surface area contributed by atoms with E-state index in [-0.39, 0.29) is 41.0 Å². The summed E-state index contributed by atoms with van der Waals surface area (Å²) in [5, 5.41) is 15.1. The van der Waals surface area contributed by atoms with Crippen molar-refractivity contribution >= 4 is 39.2 Å². The Hall–Kier alpha value is -3.85. The minimum absolute atomic E-state index is 0.00224. The van der Waals surface area contributed by atoms with E-state index in [1.807, 2.05) is 13.8 Å². The second kappa shape index (κ2) is 12.4. The third kappa shape index (κ3) is 6.27. The van der Waals surface area contributed by atoms with Gasteiger partial charge in [0.1, 0.15) is 16.4 Å². The molecule has 0 spiro atoms. The van der Waals surface area contributed by atoms with Gasteiger partial charge in [-0.25, -0.2) is 9.67 Å². The van der Waals surface area contributed by atoms with E-state index in [9.17, 15) is 22.2 Å². The van der Waals surface area contributed by atoms with Crippen molar-refractivity contribution in [1.29, 1.82) is 0 Å². The Morgan fingerprint density at radius 2 is 1.86 bits per heavy atom. The van der Waals surface area contributed by atoms with Crippen LogP contribution in [0.3, 0.4) is 0 Å². The minimum Gasteiger partial charge on any atom is -0.368 e. The van der Waals surface area contributed by atoms with Crippen LogP contribution in [-0.2, 0) is 30.6 Å². The number of pyridine rings is 1. The molecule has 1 unspecified atom stereocenters. The van der Waals surface area contributed by atoms with Gasteiger partial charge in [0.05, 0.1) is 22.9 Å². The average molecular weight is 618 g/mol. The van der Waals surface area contributed by atoms with Crippen molar-refractivity contribution in [2.24, 2.45) is 7.05 Å². The lowest BCUT2D eigenvalue weighted by Gasteiger charge is -2.31. The van der Waals surface area contributed by atoms with Gasteiger partial charge in [0.25, 0.3) is 5.56 Å². The van der Waals surface area contributed by atoms with Gasteiger partial charge in [-0.15, -0.1) is 5.10 Å². The number of hydrogen-bond acceptors (Lipinski definition) is 9. The molecule has 1 aromatic carbocycles. The summed E-state index contributed by atoms with van der Waals surface area (Å²) in [6.07, 6.45) is -0.0164. The first-order chi connectivity index (χ1) is 20.5. The molecule has 3 aromatic heterocycles. The molecule has 5 rings (SSSR count). The van der Waals surface area contributed by atoms with Crippen LogP contribution in [0.5, 0.6) is 0 Å². The molecule has 230 valence electrons. The summed E-state index contributed by atoms with van der Waals surface area (Å²) < 4.78 is 57.6. The van der Waals surface area contributed by atoms with Crippen LogP contribution in [-0.4, -0.2) is 66.2 Å². The molecule has 4 heterocycles. The monoisotopic (exact) mass is 617 g/mol. The maximum absolute atomic E-state index is 14.1. The zero-order chi connectivity index (χ0) is 30.9. The Morgan fingerprint density at radius 1 is 1.14 bits per heavy atom. The van der Waals surface area contributed by atoms with Crippen molar-refractivity contribution < 1.29 is 17.4 Å². The average Bonchev–Trinajstić information content (AvgIpc) is 3.35. The van der Waals surface area contributed by atoms with E-state index >= 15 is 0 Å². The SMILES string of the molecule is CCC(CC)c1cc2cnc(Nc3ccc(N4CCNCC4)c(C(F)(F)F)c3)nc2n(Cc2nnn(C)c2S(C)=O)c1=O. The smallest absolute Gasteiger partial charge is 0.368 e. The zero-order valence-corrected chi connectivity index (χ0v) is 25.2. The number of piperazine rings is 1. The first-order valence-corrected chi connectivity index (χ1v) is 15.6. The second-order valence-electron chi connectivity index (χ2n) is 10.5. The lowest BCUT2D eigenvalue weighted by atomic mass is 9.94. The molecule has 4 aromatic rings. The molecule has 0 bridgehead atoms. The van der Waals surface area contributed by atoms with E-state index in [1.165, 1.54) is 21.6 Å². The highest BCUT2D eigenvalue weighted by molar-refractivity contribution is 7.84. The number of aromatic nitrogens is 6. The maximum atomic E-state index is 14.1. The number of fused-ring (bicyclic) bond motifs is 1. The van der Waals surface area contributed by atoms with Crippen molar-refractivity contribution in [3.8, 4) is 0 Å². The Morgan fingerprint density at radius 3 is 2.51 bits per heavy atom. The molecule has 15 heteroatoms. The highest BCUT2D eigenvalue weighted by atomic mass is 32.2. The first-order valence-electron chi connectivity index (χ1n) is 14.1. The number of alkyl halides is 3. The molecule has 1 aliphatic rings. The molecule has 0 radical (unpaired) electrons. The number of aryl methyl sites for hydroxylation is 1. The molecule has 1 aliphatic heterocycles. The van der Waals surface area contributed by atoms with Crippen molar-refractivity contribution in [3.05, 3.63) is 57.6 Å². The summed E-state index contributed by atoms with van der Waals surface area (Å²) >= 11 is 0. The summed E-state index contributed by atoms with van der Waals surface area (Å²) in [7, 11) is 0.208. The van der Waals surface area contributed by atoms with Gasteiger partial charge >= 0.3 is 6.18 Å². The van der Waals surface area contributed by atoms with E-state index in [4.69, 9.17) is 0 Å². The predicted molar refractivity (Wildman–Crippen MR) is 159 cm³/mol. The maximum Gasteiger partial charge on any atom is 0.418 e. The van der Waals surface area contributed by atoms with E-state index in [0.29, 0.717) is 47.8 Å². The fourth-order valence-electron chi connectivity index (χ4n) is 5.55. The van der Waals surface area contributed by atoms with Gasteiger partial charge < -0.3 is 15.5 Å². The third-order valence-corrected chi connectivity index (χ3v) is 8.76. The van der Waals surface area contributed by atoms with Gasteiger partial charge in [-0.2, -0.15) is 18.2 Å². The van der Waals surface area contributed by atoms with Crippen LogP contribution < -0.4 is 21.1 Å². The molecule has 0 amide bonds. The van der Waals surface area contributed by atoms with Crippen molar-refractivity contribution in [3.63, 3.8) is 0 Å². The normalized spacial score (nSPS) is 14.9. The third-order valence-electron chi connectivity index (χ3n) is 7.72. The van der Waals surface area contributed by atoms with Gasteiger partial charge in [0.2, 0.25) is 5.95 Å². The Bertz CT molecular complexity index is 1710. The van der Waals surface area contributed by atoms with Gasteiger partial charge in [-0.3, -0.25) is 13.6 Å². The molecular weight excluding hydrogens is 583 g/mol. The lowest BCUT2D eigenvalue weighted by molar-refractivity contribution is -0.137. The number of benzene rings is 1. The zero-order valence-electron chi connectivity index (χ0n) is 24.4. The fourth-order valence-corrected chi connectivity index (χ4v) is 6.40. The van der Waals surface area contributed by atoms with Crippen molar-refractivity contribution in [1.82, 2.24) is 34.8 Å². The molecule has 0 saturated carbocycles. The molecule has 11 nitrogen and oxygen atoms in total. The standard InChI is InChI=1S/C28H34F3N9O2S/c1-5-17(6-2)20-13-18-15-33-27(35-24(18)40(25(20)41)16-22-26(43(4)42)38(3)37-36-22)34-19-7-8-23(21(14-19)28(29,30)31)39-11-9-32-10-12-39/h7-8,13-15,17,32H,5-6,9-12,16H2,1-4H3,(H,33,34,35). The first kappa shape index (κ1) is 30.6. The topological polar surface area (TPSA) is 123 Å². The van der Waals surface area contributed by atoms with Crippen LogP contribution in [0.4, 0.5) is 30.5 Å². The van der Waals surface area contributed by atoms with Gasteiger partial charge in [-0.05, 0) is 43.0 Å². The molecule has 43 heavy (non-hydrogen) atoms. The van der Waals surface area contributed by atoms with E-state index < -0.39 is 22.5 Å². The van der Waals surface area contributed by atoms with Crippen LogP contribution in [0.2, 0.25) is 0 Å². The highest BCUT2D eigenvalue weighted by Gasteiger charge is 2.35. The summed E-state index contributed by atoms with van der Waals surface area (Å²) in [5.41, 5.74) is 0.478. The second-order valence-corrected chi connectivity index (χ2v) is 11.8. The van der Waals surface area contributed by atoms with E-state index in [2.05, 4.69) is 30.9 Å². The Labute approximate surface area is 249 Å². The molecule has 1 fully saturated rings. The lowest BCUT2D eigenvalue weighted by Crippen LogP contribution is -2.44. The predicted octanol–water partition coefficient (Wildman–Crippen LogP) is 3.78. The molecule has 1 atom stereocenters. The molecule has 2 N–H and O–H groups in total. The van der Waals surface area contributed by atoms with Crippen LogP contribution in [0, 0.1) is 0 Å². The van der Waals surface area contributed by atoms with Crippen LogP contribution >= 0.6 is 0 Å². The van der Waals surface area contributed by atoms with Crippen molar-refractivity contribution in [2.75, 3.05) is 42.7 Å². The minimum atomic E-state index is -4.57. The number of nitrogens with zero attached hydrogens (tertiary/aromatic N) is 7. The van der Waals surface area contributed by atoms with Gasteiger partial charge in [0, 0.05) is 68.0 Å². The summed E-state index contributed by atoms with van der Waals surface area (Å²) in [4.78, 5) is 24.5. The molecule has 1 saturated heterocycles. The fraction of sp³-hybridized carbons (Fsp3) is 0.464. The van der Waals surface area contributed by atoms with Crippen molar-refractivity contribution in [2.45, 2.75) is 50.4 Å². The highest BCUT2D eigenvalue weighted by Crippen LogP contribution is 2.39. The number of rotatable bonds is 9. The molecular formula is C28H34F3N9O2S. The van der Waals surface area contributed by atoms with E-state index in [1.54, 1.807) is 30.3 Å². The van der Waals surface area contributed by atoms with Crippen LogP contribution in [0.1, 0.15) is 49.4 Å². The number of hydrogen-bond donors (Lipinski definition) is 2. The van der Waals surface area contributed by atoms with Gasteiger partial charge in [0.15, 0.2) is 0 Å². The quantitative estimate of drug-likeness (QED) is 0.289. The van der Waals surface area contributed by atoms with Crippen LogP contribution in [0.25, 0.3) is 11.0 Å². The summed E-state index contributed by atoms with van der Waals surface area (Å²) in [6.45, 7) is 6.13. The van der Waals surface area contributed by atoms with Crippen LogP contribution in [0.15, 0.2) is 40.3 Å². The van der Waals surface area contributed by atoms with Gasteiger partial charge in [-0.1, -0.05) is 19.1 Å². The summed E-state index contributed by atoms with van der Waals surface area (Å²) in [6, 6.07) is 5.84. The summed E-state index contributed by atoms with van der Waals surface area (Å²) in [5.74, 6) is 0.0231. The Balaban J connectivity index is 1.59. The number of halogens is 3. The Kier molecular flexibility index (Phi) is 8.83. The number of nitrogens with one attached hydrogen (secondary N) is 2. The molecule has 0 aliphatic carbocycles.